The number of alkyl halides is 1. The second kappa shape index (κ2) is 7.16. The molecule has 0 radical (unpaired) electrons. The fourth-order valence-corrected chi connectivity index (χ4v) is 7.57. The minimum absolute atomic E-state index is 0.0954. The van der Waals surface area contributed by atoms with Crippen molar-refractivity contribution in [2.75, 3.05) is 13.9 Å². The smallest absolute Gasteiger partial charge is 0.188 e. The molecule has 0 bridgehead atoms. The van der Waals surface area contributed by atoms with Crippen LogP contribution in [-0.4, -0.2) is 24.3 Å². The first-order chi connectivity index (χ1) is 13.1. The quantitative estimate of drug-likeness (QED) is 0.329. The molecular formula is C23H32Br2O3. The van der Waals surface area contributed by atoms with Gasteiger partial charge in [0.05, 0.1) is 4.47 Å². The van der Waals surface area contributed by atoms with Gasteiger partial charge < -0.3 is 14.2 Å². The minimum Gasteiger partial charge on any atom is -0.487 e. The fraction of sp³-hybridized carbons (Fsp3) is 0.739. The lowest BCUT2D eigenvalue weighted by Crippen LogP contribution is -2.63. The number of rotatable bonds is 3. The van der Waals surface area contributed by atoms with E-state index in [1.807, 2.05) is 0 Å². The van der Waals surface area contributed by atoms with Crippen LogP contribution >= 0.6 is 31.9 Å². The van der Waals surface area contributed by atoms with Crippen molar-refractivity contribution in [1.82, 2.24) is 0 Å². The molecule has 5 atom stereocenters. The van der Waals surface area contributed by atoms with Crippen LogP contribution in [0.3, 0.4) is 0 Å². The van der Waals surface area contributed by atoms with Crippen LogP contribution in [0.5, 0.6) is 11.5 Å². The third kappa shape index (κ3) is 3.15. The molecule has 1 aliphatic heterocycles. The lowest BCUT2D eigenvalue weighted by Gasteiger charge is -2.64. The summed E-state index contributed by atoms with van der Waals surface area (Å²) in [6, 6.07) is 4.22. The molecule has 4 rings (SSSR count). The molecule has 3 nitrogen and oxygen atoms in total. The number of fused-ring (bicyclic) bond motifs is 4. The topological polar surface area (TPSA) is 27.7 Å². The molecule has 0 spiro atoms. The maximum Gasteiger partial charge on any atom is 0.188 e. The highest BCUT2D eigenvalue weighted by Gasteiger charge is 2.62. The maximum atomic E-state index is 6.74. The Morgan fingerprint density at radius 1 is 1.11 bits per heavy atom. The van der Waals surface area contributed by atoms with Crippen LogP contribution in [0.2, 0.25) is 0 Å². The average Bonchev–Trinajstić information content (AvgIpc) is 2.62. The molecule has 2 aliphatic carbocycles. The Hall–Kier alpha value is -0.260. The van der Waals surface area contributed by atoms with Crippen molar-refractivity contribution in [3.8, 4) is 11.5 Å². The Balaban J connectivity index is 1.71. The molecule has 0 unspecified atom stereocenters. The molecule has 2 saturated carbocycles. The van der Waals surface area contributed by atoms with Crippen LogP contribution < -0.4 is 9.47 Å². The first kappa shape index (κ1) is 21.0. The van der Waals surface area contributed by atoms with Gasteiger partial charge in [-0.2, -0.15) is 0 Å². The molecule has 2 fully saturated rings. The van der Waals surface area contributed by atoms with Gasteiger partial charge in [0, 0.05) is 17.9 Å². The van der Waals surface area contributed by atoms with Crippen molar-refractivity contribution in [2.24, 2.45) is 22.7 Å². The molecule has 0 saturated heterocycles. The first-order valence-corrected chi connectivity index (χ1v) is 12.1. The lowest BCUT2D eigenvalue weighted by atomic mass is 9.44. The highest BCUT2D eigenvalue weighted by atomic mass is 79.9. The Morgan fingerprint density at radius 2 is 1.86 bits per heavy atom. The van der Waals surface area contributed by atoms with E-state index in [0.29, 0.717) is 27.5 Å². The van der Waals surface area contributed by atoms with E-state index in [1.165, 1.54) is 24.8 Å². The Bertz CT molecular complexity index is 764. The predicted molar refractivity (Wildman–Crippen MR) is 119 cm³/mol. The fourth-order valence-electron chi connectivity index (χ4n) is 6.58. The van der Waals surface area contributed by atoms with Crippen molar-refractivity contribution in [3.05, 3.63) is 22.2 Å². The number of ether oxygens (including phenoxy) is 3. The summed E-state index contributed by atoms with van der Waals surface area (Å²) in [6.07, 6.45) is 5.92. The van der Waals surface area contributed by atoms with E-state index in [4.69, 9.17) is 14.2 Å². The van der Waals surface area contributed by atoms with Crippen LogP contribution in [0.15, 0.2) is 16.6 Å². The van der Waals surface area contributed by atoms with Gasteiger partial charge in [-0.05, 0) is 89.4 Å². The summed E-state index contributed by atoms with van der Waals surface area (Å²) in [6.45, 7) is 10.1. The Kier molecular flexibility index (Phi) is 5.37. The van der Waals surface area contributed by atoms with Crippen molar-refractivity contribution < 1.29 is 14.2 Å². The SMILES string of the molecule is COCOc1cc2c(cc1Br)O[C@]1(C)CC[C@H]3C(C)(C)[C@@H](Br)CC[C@]3(C)[C@@H]1C2. The van der Waals surface area contributed by atoms with Crippen LogP contribution in [0.4, 0.5) is 0 Å². The maximum absolute atomic E-state index is 6.74. The van der Waals surface area contributed by atoms with E-state index in [0.717, 1.165) is 28.8 Å². The zero-order valence-electron chi connectivity index (χ0n) is 17.6. The molecule has 3 aliphatic rings. The monoisotopic (exact) mass is 514 g/mol. The van der Waals surface area contributed by atoms with E-state index in [1.54, 1.807) is 7.11 Å². The van der Waals surface area contributed by atoms with Crippen molar-refractivity contribution in [3.63, 3.8) is 0 Å². The molecule has 1 aromatic rings. The molecule has 0 N–H and O–H groups in total. The molecule has 5 heteroatoms. The number of hydrogen-bond acceptors (Lipinski definition) is 3. The van der Waals surface area contributed by atoms with Gasteiger partial charge in [-0.1, -0.05) is 36.7 Å². The van der Waals surface area contributed by atoms with E-state index < -0.39 is 0 Å². The lowest BCUT2D eigenvalue weighted by molar-refractivity contribution is -0.160. The zero-order chi connectivity index (χ0) is 20.3. The zero-order valence-corrected chi connectivity index (χ0v) is 20.8. The van der Waals surface area contributed by atoms with Gasteiger partial charge >= 0.3 is 0 Å². The molecule has 28 heavy (non-hydrogen) atoms. The van der Waals surface area contributed by atoms with Gasteiger partial charge in [0.25, 0.3) is 0 Å². The summed E-state index contributed by atoms with van der Waals surface area (Å²) in [7, 11) is 1.64. The van der Waals surface area contributed by atoms with Crippen LogP contribution in [-0.2, 0) is 11.2 Å². The third-order valence-electron chi connectivity index (χ3n) is 8.11. The van der Waals surface area contributed by atoms with Gasteiger partial charge in [-0.25, -0.2) is 0 Å². The number of methoxy groups -OCH3 is 1. The summed E-state index contributed by atoms with van der Waals surface area (Å²) < 4.78 is 18.5. The highest BCUT2D eigenvalue weighted by Crippen LogP contribution is 2.65. The number of halogens is 2. The standard InChI is InChI=1S/C23H32Br2O3/c1-21(2)18-6-9-23(4)19(22(18,3)8-7-20(21)25)11-14-10-17(27-13-26-5)15(24)12-16(14)28-23/h10,12,18-20H,6-9,11,13H2,1-5H3/t18-,19-,20-,22-,23+/m0/s1. The molecule has 156 valence electrons. The van der Waals surface area contributed by atoms with E-state index >= 15 is 0 Å². The summed E-state index contributed by atoms with van der Waals surface area (Å²) in [5.41, 5.74) is 1.76. The third-order valence-corrected chi connectivity index (χ3v) is 10.4. The van der Waals surface area contributed by atoms with Crippen LogP contribution in [0.25, 0.3) is 0 Å². The van der Waals surface area contributed by atoms with Crippen LogP contribution in [0.1, 0.15) is 58.9 Å². The number of benzene rings is 1. The van der Waals surface area contributed by atoms with E-state index in [-0.39, 0.29) is 12.4 Å². The first-order valence-electron chi connectivity index (χ1n) is 10.4. The number of hydrogen-bond donors (Lipinski definition) is 0. The van der Waals surface area contributed by atoms with Crippen LogP contribution in [0, 0.1) is 22.7 Å². The van der Waals surface area contributed by atoms with Crippen molar-refractivity contribution in [1.29, 1.82) is 0 Å². The molecule has 1 heterocycles. The van der Waals surface area contributed by atoms with Gasteiger partial charge in [0.2, 0.25) is 0 Å². The van der Waals surface area contributed by atoms with Crippen molar-refractivity contribution >= 4 is 31.9 Å². The summed E-state index contributed by atoms with van der Waals surface area (Å²) >= 11 is 7.63. The highest BCUT2D eigenvalue weighted by molar-refractivity contribution is 9.10. The second-order valence-electron chi connectivity index (χ2n) is 10.0. The Labute approximate surface area is 186 Å². The van der Waals surface area contributed by atoms with Gasteiger partial charge in [-0.3, -0.25) is 0 Å². The van der Waals surface area contributed by atoms with E-state index in [9.17, 15) is 0 Å². The second-order valence-corrected chi connectivity index (χ2v) is 12.0. The molecular weight excluding hydrogens is 484 g/mol. The molecule has 1 aromatic carbocycles. The van der Waals surface area contributed by atoms with Gasteiger partial charge in [-0.15, -0.1) is 0 Å². The predicted octanol–water partition coefficient (Wildman–Crippen LogP) is 6.74. The van der Waals surface area contributed by atoms with Gasteiger partial charge in [0.1, 0.15) is 17.1 Å². The van der Waals surface area contributed by atoms with Gasteiger partial charge in [0.15, 0.2) is 6.79 Å². The summed E-state index contributed by atoms with van der Waals surface area (Å²) in [5.74, 6) is 3.06. The minimum atomic E-state index is -0.0954. The normalized spacial score (nSPS) is 38.6. The molecule has 0 amide bonds. The largest absolute Gasteiger partial charge is 0.487 e. The molecule has 0 aromatic heterocycles. The van der Waals surface area contributed by atoms with E-state index in [2.05, 4.69) is 71.7 Å². The Morgan fingerprint density at radius 3 is 2.57 bits per heavy atom. The average molecular weight is 516 g/mol. The summed E-state index contributed by atoms with van der Waals surface area (Å²) in [4.78, 5) is 0.601. The van der Waals surface area contributed by atoms with Crippen molar-refractivity contribution in [2.45, 2.75) is 70.2 Å². The summed E-state index contributed by atoms with van der Waals surface area (Å²) in [5, 5.41) is 0.